The second kappa shape index (κ2) is 7.44. The highest BCUT2D eigenvalue weighted by atomic mass is 16.6. The molecule has 6 nitrogen and oxygen atoms in total. The molecule has 1 aromatic carbocycles. The van der Waals surface area contributed by atoms with Crippen LogP contribution < -0.4 is 16.6 Å². The van der Waals surface area contributed by atoms with Crippen LogP contribution in [0.4, 0.5) is 4.79 Å². The third-order valence-corrected chi connectivity index (χ3v) is 2.38. The Bertz CT molecular complexity index is 516. The van der Waals surface area contributed by atoms with Crippen LogP contribution in [0.3, 0.4) is 0 Å². The SMILES string of the molecule is CC(C)(C)OC(=O)NCC=Cc1ccc(C(=O)NN)cc1. The summed E-state index contributed by atoms with van der Waals surface area (Å²) in [7, 11) is 0. The van der Waals surface area contributed by atoms with Crippen molar-refractivity contribution in [3.63, 3.8) is 0 Å². The van der Waals surface area contributed by atoms with Gasteiger partial charge in [0.15, 0.2) is 0 Å². The summed E-state index contributed by atoms with van der Waals surface area (Å²) in [4.78, 5) is 22.7. The molecular formula is C15H21N3O3. The van der Waals surface area contributed by atoms with Gasteiger partial charge in [0, 0.05) is 12.1 Å². The fourth-order valence-corrected chi connectivity index (χ4v) is 1.48. The Hall–Kier alpha value is -2.34. The fraction of sp³-hybridized carbons (Fsp3) is 0.333. The van der Waals surface area contributed by atoms with Gasteiger partial charge in [-0.2, -0.15) is 0 Å². The van der Waals surface area contributed by atoms with E-state index in [1.165, 1.54) is 0 Å². The van der Waals surface area contributed by atoms with Gasteiger partial charge in [0.25, 0.3) is 5.91 Å². The number of nitrogens with one attached hydrogen (secondary N) is 2. The number of nitrogen functional groups attached to an aromatic ring is 1. The maximum atomic E-state index is 11.4. The first-order valence-corrected chi connectivity index (χ1v) is 6.56. The van der Waals surface area contributed by atoms with Crippen LogP contribution in [0.2, 0.25) is 0 Å². The van der Waals surface area contributed by atoms with E-state index in [1.54, 1.807) is 30.3 Å². The quantitative estimate of drug-likeness (QED) is 0.448. The van der Waals surface area contributed by atoms with Gasteiger partial charge in [0.2, 0.25) is 0 Å². The number of hydrogen-bond acceptors (Lipinski definition) is 4. The highest BCUT2D eigenvalue weighted by Crippen LogP contribution is 2.07. The van der Waals surface area contributed by atoms with Gasteiger partial charge in [0.05, 0.1) is 0 Å². The molecule has 0 bridgehead atoms. The Kier molecular flexibility index (Phi) is 5.92. The lowest BCUT2D eigenvalue weighted by Gasteiger charge is -2.19. The van der Waals surface area contributed by atoms with Gasteiger partial charge in [0.1, 0.15) is 5.60 Å². The second-order valence-electron chi connectivity index (χ2n) is 5.38. The van der Waals surface area contributed by atoms with Crippen LogP contribution in [0.15, 0.2) is 30.3 Å². The number of nitrogens with two attached hydrogens (primary N) is 1. The topological polar surface area (TPSA) is 93.4 Å². The molecule has 0 atom stereocenters. The van der Waals surface area contributed by atoms with E-state index < -0.39 is 11.7 Å². The molecule has 0 aliphatic carbocycles. The van der Waals surface area contributed by atoms with E-state index in [1.807, 2.05) is 26.8 Å². The number of benzene rings is 1. The number of ether oxygens (including phenoxy) is 1. The van der Waals surface area contributed by atoms with E-state index in [9.17, 15) is 9.59 Å². The lowest BCUT2D eigenvalue weighted by atomic mass is 10.1. The zero-order valence-electron chi connectivity index (χ0n) is 12.5. The molecule has 0 fully saturated rings. The predicted molar refractivity (Wildman–Crippen MR) is 81.4 cm³/mol. The Morgan fingerprint density at radius 2 is 1.86 bits per heavy atom. The van der Waals surface area contributed by atoms with Crippen molar-refractivity contribution in [1.82, 2.24) is 10.7 Å². The standard InChI is InChI=1S/C15H21N3O3/c1-15(2,3)21-14(20)17-10-4-5-11-6-8-12(9-7-11)13(19)18-16/h4-9H,10,16H2,1-3H3,(H,17,20)(H,18,19). The monoisotopic (exact) mass is 291 g/mol. The minimum atomic E-state index is -0.507. The molecule has 0 aliphatic heterocycles. The Morgan fingerprint density at radius 1 is 1.24 bits per heavy atom. The summed E-state index contributed by atoms with van der Waals surface area (Å²) in [6.45, 7) is 5.78. The summed E-state index contributed by atoms with van der Waals surface area (Å²) >= 11 is 0. The van der Waals surface area contributed by atoms with Crippen molar-refractivity contribution < 1.29 is 14.3 Å². The molecule has 0 unspecified atom stereocenters. The number of hydrogen-bond donors (Lipinski definition) is 3. The molecule has 0 aromatic heterocycles. The van der Waals surface area contributed by atoms with Crippen LogP contribution in [-0.4, -0.2) is 24.1 Å². The van der Waals surface area contributed by atoms with Gasteiger partial charge in [-0.1, -0.05) is 24.3 Å². The molecule has 21 heavy (non-hydrogen) atoms. The zero-order valence-corrected chi connectivity index (χ0v) is 12.5. The molecule has 0 saturated carbocycles. The van der Waals surface area contributed by atoms with Crippen LogP contribution >= 0.6 is 0 Å². The Labute approximate surface area is 124 Å². The van der Waals surface area contributed by atoms with Crippen LogP contribution in [0.5, 0.6) is 0 Å². The maximum Gasteiger partial charge on any atom is 0.407 e. The van der Waals surface area contributed by atoms with Crippen LogP contribution in [0.25, 0.3) is 6.08 Å². The molecule has 2 amide bonds. The summed E-state index contributed by atoms with van der Waals surface area (Å²) < 4.78 is 5.10. The third-order valence-electron chi connectivity index (χ3n) is 2.38. The largest absolute Gasteiger partial charge is 0.444 e. The highest BCUT2D eigenvalue weighted by molar-refractivity contribution is 5.93. The van der Waals surface area contributed by atoms with Crippen LogP contribution in [0, 0.1) is 0 Å². The average molecular weight is 291 g/mol. The maximum absolute atomic E-state index is 11.4. The molecular weight excluding hydrogens is 270 g/mol. The van der Waals surface area contributed by atoms with E-state index >= 15 is 0 Å². The predicted octanol–water partition coefficient (Wildman–Crippen LogP) is 1.83. The van der Waals surface area contributed by atoms with E-state index in [-0.39, 0.29) is 5.91 Å². The van der Waals surface area contributed by atoms with Crippen molar-refractivity contribution in [3.05, 3.63) is 41.5 Å². The van der Waals surface area contributed by atoms with Crippen molar-refractivity contribution in [1.29, 1.82) is 0 Å². The molecule has 4 N–H and O–H groups in total. The first kappa shape index (κ1) is 16.7. The Morgan fingerprint density at radius 3 is 2.38 bits per heavy atom. The summed E-state index contributed by atoms with van der Waals surface area (Å²) in [6.07, 6.45) is 3.17. The van der Waals surface area contributed by atoms with Gasteiger partial charge in [-0.05, 0) is 38.5 Å². The van der Waals surface area contributed by atoms with Crippen molar-refractivity contribution in [3.8, 4) is 0 Å². The van der Waals surface area contributed by atoms with Crippen molar-refractivity contribution >= 4 is 18.1 Å². The summed E-state index contributed by atoms with van der Waals surface area (Å²) in [5, 5.41) is 2.62. The number of rotatable bonds is 4. The molecule has 0 heterocycles. The minimum Gasteiger partial charge on any atom is -0.444 e. The second-order valence-corrected chi connectivity index (χ2v) is 5.38. The highest BCUT2D eigenvalue weighted by Gasteiger charge is 2.14. The number of carbonyl (C=O) groups is 2. The third kappa shape index (κ3) is 6.58. The molecule has 114 valence electrons. The van der Waals surface area contributed by atoms with Gasteiger partial charge < -0.3 is 10.1 Å². The van der Waals surface area contributed by atoms with Gasteiger partial charge in [-0.3, -0.25) is 10.2 Å². The minimum absolute atomic E-state index is 0.336. The lowest BCUT2D eigenvalue weighted by Crippen LogP contribution is -2.32. The van der Waals surface area contributed by atoms with Crippen molar-refractivity contribution in [2.24, 2.45) is 5.84 Å². The smallest absolute Gasteiger partial charge is 0.407 e. The number of carbonyl (C=O) groups excluding carboxylic acids is 2. The van der Waals surface area contributed by atoms with Gasteiger partial charge in [-0.25, -0.2) is 10.6 Å². The lowest BCUT2D eigenvalue weighted by molar-refractivity contribution is 0.0534. The van der Waals surface area contributed by atoms with Crippen molar-refractivity contribution in [2.45, 2.75) is 26.4 Å². The van der Waals surface area contributed by atoms with E-state index in [0.717, 1.165) is 5.56 Å². The summed E-state index contributed by atoms with van der Waals surface area (Å²) in [5.74, 6) is 4.71. The van der Waals surface area contributed by atoms with Crippen LogP contribution in [0.1, 0.15) is 36.7 Å². The average Bonchev–Trinajstić information content (AvgIpc) is 2.41. The fourth-order valence-electron chi connectivity index (χ4n) is 1.48. The number of alkyl carbamates (subject to hydrolysis) is 1. The summed E-state index contributed by atoms with van der Waals surface area (Å²) in [5.41, 5.74) is 2.96. The van der Waals surface area contributed by atoms with Crippen molar-refractivity contribution in [2.75, 3.05) is 6.54 Å². The van der Waals surface area contributed by atoms with E-state index in [4.69, 9.17) is 10.6 Å². The first-order valence-electron chi connectivity index (χ1n) is 6.56. The molecule has 1 rings (SSSR count). The number of amides is 2. The molecule has 1 aromatic rings. The normalized spacial score (nSPS) is 11.2. The Balaban J connectivity index is 2.44. The first-order chi connectivity index (χ1) is 9.81. The van der Waals surface area contributed by atoms with Crippen LogP contribution in [-0.2, 0) is 4.74 Å². The molecule has 6 heteroatoms. The molecule has 0 saturated heterocycles. The molecule has 0 radical (unpaired) electrons. The molecule has 0 spiro atoms. The van der Waals surface area contributed by atoms with E-state index in [2.05, 4.69) is 10.7 Å². The van der Waals surface area contributed by atoms with Gasteiger partial charge >= 0.3 is 6.09 Å². The van der Waals surface area contributed by atoms with Gasteiger partial charge in [-0.15, -0.1) is 0 Å². The number of hydrazine groups is 1. The summed E-state index contributed by atoms with van der Waals surface area (Å²) in [6, 6.07) is 6.91. The van der Waals surface area contributed by atoms with E-state index in [0.29, 0.717) is 12.1 Å². The molecule has 0 aliphatic rings. The zero-order chi connectivity index (χ0) is 15.9.